The molecule has 0 spiro atoms. The Morgan fingerprint density at radius 1 is 0.529 bits per heavy atom. The van der Waals surface area contributed by atoms with Crippen molar-refractivity contribution < 1.29 is 0 Å². The van der Waals surface area contributed by atoms with Crippen LogP contribution in [0.5, 0.6) is 0 Å². The summed E-state index contributed by atoms with van der Waals surface area (Å²) in [5, 5.41) is 6.98. The molecule has 101 valence electrons. The van der Waals surface area contributed by atoms with Gasteiger partial charge in [0.2, 0.25) is 0 Å². The lowest BCUT2D eigenvalue weighted by Crippen LogP contribution is -2.99. The molecule has 1 aliphatic heterocycles. The van der Waals surface area contributed by atoms with Gasteiger partial charge in [-0.25, -0.2) is 0 Å². The molecule has 0 aromatic heterocycles. The minimum absolute atomic E-state index is 0.493. The predicted molar refractivity (Wildman–Crippen MR) is 97.4 cm³/mol. The third-order valence-electron chi connectivity index (χ3n) is 7.60. The highest BCUT2D eigenvalue weighted by Gasteiger charge is 2.72. The van der Waals surface area contributed by atoms with Crippen LogP contribution in [-0.4, -0.2) is 43.5 Å². The van der Waals surface area contributed by atoms with Crippen molar-refractivity contribution in [2.45, 2.75) is 65.5 Å². The first-order valence-electron chi connectivity index (χ1n) is 6.79. The Morgan fingerprint density at radius 3 is 1.00 bits per heavy atom. The molecule has 1 fully saturated rings. The minimum Gasteiger partial charge on any atom is -0.356 e. The maximum atomic E-state index is 6.98. The fourth-order valence-corrected chi connectivity index (χ4v) is 214. The average Bonchev–Trinajstić information content (AvgIpc) is 2.13. The van der Waals surface area contributed by atoms with Gasteiger partial charge in [-0.15, -0.1) is 0 Å². The molecule has 0 aliphatic carbocycles. The number of rotatable bonds is 0. The Balaban J connectivity index is 3.56. The van der Waals surface area contributed by atoms with Crippen molar-refractivity contribution in [3.05, 3.63) is 0 Å². The Morgan fingerprint density at radius 2 is 0.765 bits per heavy atom. The molecule has 0 aromatic carbocycles. The lowest BCUT2D eigenvalue weighted by molar-refractivity contribution is 1.72. The Hall–Kier alpha value is 1.26. The predicted octanol–water partition coefficient (Wildman–Crippen LogP) is 2.96. The minimum atomic E-state index is -1.10. The second-order valence-corrected chi connectivity index (χ2v) is 75.3. The van der Waals surface area contributed by atoms with Crippen LogP contribution in [0.4, 0.5) is 0 Å². The van der Waals surface area contributed by atoms with Gasteiger partial charge in [-0.05, 0) is 0 Å². The molecular formula is C10H32NSi6. The van der Waals surface area contributed by atoms with Crippen molar-refractivity contribution in [1.29, 1.82) is 0 Å². The van der Waals surface area contributed by atoms with Crippen LogP contribution in [0.2, 0.25) is 65.5 Å². The fourth-order valence-electron chi connectivity index (χ4n) is 3.80. The topological polar surface area (TPSA) is 26.0 Å². The smallest absolute Gasteiger partial charge is 0.101 e. The Labute approximate surface area is 114 Å². The summed E-state index contributed by atoms with van der Waals surface area (Å²) in [6.45, 7) is 27.2. The molecule has 17 heavy (non-hydrogen) atoms. The van der Waals surface area contributed by atoms with Crippen molar-refractivity contribution in [3.63, 3.8) is 0 Å². The van der Waals surface area contributed by atoms with Gasteiger partial charge in [0.1, 0.15) is 7.99 Å². The van der Waals surface area contributed by atoms with E-state index in [0.29, 0.717) is 0 Å². The van der Waals surface area contributed by atoms with Gasteiger partial charge in [0.05, 0.1) is 0 Å². The van der Waals surface area contributed by atoms with E-state index in [0.717, 1.165) is 0 Å². The van der Waals surface area contributed by atoms with E-state index < -0.39 is 43.5 Å². The second kappa shape index (κ2) is 3.89. The van der Waals surface area contributed by atoms with E-state index in [1.807, 2.05) is 0 Å². The zero-order chi connectivity index (χ0) is 14.1. The normalized spacial score (nSPS) is 33.4. The van der Waals surface area contributed by atoms with E-state index in [2.05, 4.69) is 65.5 Å². The zero-order valence-electron chi connectivity index (χ0n) is 13.6. The molecule has 0 unspecified atom stereocenters. The number of hydrogen-bond acceptors (Lipinski definition) is 1. The largest absolute Gasteiger partial charge is 0.356 e. The summed E-state index contributed by atoms with van der Waals surface area (Å²) in [4.78, 5) is 0. The van der Waals surface area contributed by atoms with E-state index in [4.69, 9.17) is 5.40 Å². The maximum absolute atomic E-state index is 6.98. The molecule has 0 atom stereocenters. The van der Waals surface area contributed by atoms with Crippen LogP contribution in [0, 0.1) is 0 Å². The van der Waals surface area contributed by atoms with Gasteiger partial charge < -0.3 is 5.40 Å². The van der Waals surface area contributed by atoms with Gasteiger partial charge in [0.15, 0.2) is 0 Å². The molecule has 1 aliphatic rings. The van der Waals surface area contributed by atoms with Crippen LogP contribution in [0.25, 0.3) is 0 Å². The van der Waals surface area contributed by atoms with Gasteiger partial charge in [0, 0.05) is 35.5 Å². The molecule has 1 heterocycles. The van der Waals surface area contributed by atoms with Gasteiger partial charge in [0.25, 0.3) is 0 Å². The molecule has 1 radical (unpaired) electrons. The summed E-state index contributed by atoms with van der Waals surface area (Å²) in [5.74, 6) is 0. The second-order valence-electron chi connectivity index (χ2n) is 8.54. The highest BCUT2D eigenvalue weighted by molar-refractivity contribution is 8.10. The van der Waals surface area contributed by atoms with Crippen LogP contribution >= 0.6 is 0 Å². The molecule has 1 nitrogen and oxygen atoms in total. The maximum Gasteiger partial charge on any atom is 0.101 e. The molecule has 0 aromatic rings. The van der Waals surface area contributed by atoms with Gasteiger partial charge in [-0.1, -0.05) is 65.5 Å². The lowest BCUT2D eigenvalue weighted by Gasteiger charge is -2.67. The molecular weight excluding hydrogens is 303 g/mol. The lowest BCUT2D eigenvalue weighted by atomic mass is 11.9. The average molecular weight is 335 g/mol. The number of hydrogen-bond donors (Lipinski definition) is 1. The molecule has 0 bridgehead atoms. The molecule has 1 rings (SSSR count). The van der Waals surface area contributed by atoms with Crippen LogP contribution < -0.4 is 5.40 Å². The fraction of sp³-hybridized carbons (Fsp3) is 1.00. The summed E-state index contributed by atoms with van der Waals surface area (Å²) in [7, 11) is -5.79. The van der Waals surface area contributed by atoms with Crippen LogP contribution in [0.3, 0.4) is 0 Å². The number of nitrogens with two attached hydrogens (primary N) is 1. The first kappa shape index (κ1) is 16.3. The zero-order valence-corrected chi connectivity index (χ0v) is 19.6. The van der Waals surface area contributed by atoms with Crippen LogP contribution in [-0.2, 0) is 0 Å². The van der Waals surface area contributed by atoms with Crippen LogP contribution in [0.15, 0.2) is 0 Å². The van der Waals surface area contributed by atoms with Crippen molar-refractivity contribution in [2.75, 3.05) is 0 Å². The van der Waals surface area contributed by atoms with Gasteiger partial charge >= 0.3 is 0 Å². The van der Waals surface area contributed by atoms with E-state index in [1.165, 1.54) is 0 Å². The van der Waals surface area contributed by atoms with Crippen molar-refractivity contribution in [1.82, 2.24) is 0 Å². The summed E-state index contributed by atoms with van der Waals surface area (Å²) in [5.41, 5.74) is 0. The van der Waals surface area contributed by atoms with Gasteiger partial charge in [-0.3, -0.25) is 0 Å². The molecule has 0 amide bonds. The first-order chi connectivity index (χ1) is 7.15. The molecule has 1 saturated heterocycles. The van der Waals surface area contributed by atoms with Crippen molar-refractivity contribution in [2.24, 2.45) is 5.40 Å². The molecule has 7 heteroatoms. The summed E-state index contributed by atoms with van der Waals surface area (Å²) in [6.07, 6.45) is 0. The van der Waals surface area contributed by atoms with E-state index in [1.54, 1.807) is 0 Å². The summed E-state index contributed by atoms with van der Waals surface area (Å²) < 4.78 is 0. The standard InChI is InChI=1S/C10H32NSi6/c1-13(2)12(11)14(3,4)16(7,8)17(9,10)15(13,5)6/h11H2,1-10H3. The van der Waals surface area contributed by atoms with Crippen molar-refractivity contribution >= 4 is 43.5 Å². The SMILES string of the molecule is C[Si]1(C)[Si](N)[Si](C)(C)[Si](C)(C)[Si](C)(C)[Si]1(C)C. The Kier molecular flexibility index (Phi) is 3.73. The monoisotopic (exact) mass is 334 g/mol. The Bertz CT molecular complexity index is 304. The van der Waals surface area contributed by atoms with E-state index in [-0.39, 0.29) is 0 Å². The third kappa shape index (κ3) is 1.66. The summed E-state index contributed by atoms with van der Waals surface area (Å²) >= 11 is 0. The third-order valence-corrected chi connectivity index (χ3v) is 143. The van der Waals surface area contributed by atoms with Gasteiger partial charge in [-0.2, -0.15) is 0 Å². The molecule has 2 N–H and O–H groups in total. The van der Waals surface area contributed by atoms with Crippen LogP contribution in [0.1, 0.15) is 0 Å². The first-order valence-corrected chi connectivity index (χ1v) is 29.4. The molecule has 0 saturated carbocycles. The summed E-state index contributed by atoms with van der Waals surface area (Å²) in [6, 6.07) is 0. The highest BCUT2D eigenvalue weighted by atomic mass is 30.2. The highest BCUT2D eigenvalue weighted by Crippen LogP contribution is 2.45. The van der Waals surface area contributed by atoms with Crippen molar-refractivity contribution in [3.8, 4) is 0 Å². The van der Waals surface area contributed by atoms with E-state index in [9.17, 15) is 0 Å². The van der Waals surface area contributed by atoms with E-state index >= 15 is 0 Å². The quantitative estimate of drug-likeness (QED) is 0.677.